The van der Waals surface area contributed by atoms with Crippen LogP contribution in [-0.2, 0) is 28.7 Å². The molecule has 0 aromatic rings. The number of carbonyl (C=O) groups is 4. The fraction of sp³-hybridized carbons (Fsp3) is 0.704. The fourth-order valence-electron chi connectivity index (χ4n) is 7.51. The minimum atomic E-state index is -1.25. The van der Waals surface area contributed by atoms with Gasteiger partial charge in [-0.2, -0.15) is 0 Å². The van der Waals surface area contributed by atoms with E-state index in [-0.39, 0.29) is 48.3 Å². The summed E-state index contributed by atoms with van der Waals surface area (Å²) in [6.07, 6.45) is 10.8. The molecule has 3 saturated carbocycles. The second kappa shape index (κ2) is 8.52. The van der Waals surface area contributed by atoms with Gasteiger partial charge in [0.25, 0.3) is 0 Å². The van der Waals surface area contributed by atoms with Crippen LogP contribution in [0, 0.1) is 28.6 Å². The van der Waals surface area contributed by atoms with Crippen molar-refractivity contribution >= 4 is 23.5 Å². The molecular weight excluding hydrogens is 420 g/mol. The second-order valence-corrected chi connectivity index (χ2v) is 10.7. The van der Waals surface area contributed by atoms with Crippen molar-refractivity contribution in [3.05, 3.63) is 23.8 Å². The van der Waals surface area contributed by atoms with Crippen LogP contribution in [0.25, 0.3) is 0 Å². The molecule has 0 saturated heterocycles. The van der Waals surface area contributed by atoms with Gasteiger partial charge in [-0.25, -0.2) is 0 Å². The summed E-state index contributed by atoms with van der Waals surface area (Å²) in [5.41, 5.74) is -0.659. The molecule has 4 rings (SSSR count). The first-order chi connectivity index (χ1) is 15.6. The lowest BCUT2D eigenvalue weighted by molar-refractivity contribution is -0.191. The summed E-state index contributed by atoms with van der Waals surface area (Å²) < 4.78 is 11.2. The molecule has 0 spiro atoms. The zero-order valence-electron chi connectivity index (χ0n) is 20.3. The maximum atomic E-state index is 13.6. The fourth-order valence-corrected chi connectivity index (χ4v) is 7.51. The predicted octanol–water partition coefficient (Wildman–Crippen LogP) is 4.51. The van der Waals surface area contributed by atoms with E-state index in [1.54, 1.807) is 19.9 Å². The van der Waals surface area contributed by atoms with Crippen LogP contribution in [0.15, 0.2) is 23.8 Å². The Hall–Kier alpha value is -2.24. The Morgan fingerprint density at radius 3 is 2.39 bits per heavy atom. The predicted molar refractivity (Wildman–Crippen MR) is 122 cm³/mol. The van der Waals surface area contributed by atoms with Gasteiger partial charge in [0.15, 0.2) is 18.0 Å². The summed E-state index contributed by atoms with van der Waals surface area (Å²) in [7, 11) is 0. The van der Waals surface area contributed by atoms with Gasteiger partial charge in [-0.05, 0) is 68.4 Å². The van der Waals surface area contributed by atoms with Crippen molar-refractivity contribution in [1.29, 1.82) is 0 Å². The maximum absolute atomic E-state index is 13.6. The molecule has 0 bridgehead atoms. The molecule has 6 atom stereocenters. The van der Waals surface area contributed by atoms with Crippen molar-refractivity contribution in [2.75, 3.05) is 6.61 Å². The molecule has 0 heterocycles. The monoisotopic (exact) mass is 456 g/mol. The summed E-state index contributed by atoms with van der Waals surface area (Å²) in [4.78, 5) is 49.8. The smallest absolute Gasteiger partial charge is 0.306 e. The van der Waals surface area contributed by atoms with Gasteiger partial charge in [0.1, 0.15) is 0 Å². The number of allylic oxidation sites excluding steroid dienone is 4. The number of hydrogen-bond acceptors (Lipinski definition) is 6. The Balaban J connectivity index is 1.66. The van der Waals surface area contributed by atoms with E-state index in [4.69, 9.17) is 9.47 Å². The normalized spacial score (nSPS) is 39.1. The number of esters is 2. The molecular formula is C27H36O6. The highest BCUT2D eigenvalue weighted by Crippen LogP contribution is 2.67. The van der Waals surface area contributed by atoms with Crippen LogP contribution < -0.4 is 0 Å². The minimum absolute atomic E-state index is 0.0696. The lowest BCUT2D eigenvalue weighted by Gasteiger charge is -2.58. The van der Waals surface area contributed by atoms with Gasteiger partial charge >= 0.3 is 11.9 Å². The topological polar surface area (TPSA) is 86.7 Å². The van der Waals surface area contributed by atoms with E-state index in [2.05, 4.69) is 19.9 Å². The summed E-state index contributed by atoms with van der Waals surface area (Å²) in [5.74, 6) is -0.0234. The van der Waals surface area contributed by atoms with E-state index in [1.807, 2.05) is 6.08 Å². The number of rotatable bonds is 6. The van der Waals surface area contributed by atoms with E-state index >= 15 is 0 Å². The van der Waals surface area contributed by atoms with Crippen LogP contribution >= 0.6 is 0 Å². The van der Waals surface area contributed by atoms with Gasteiger partial charge in [0.2, 0.25) is 5.78 Å². The number of Topliss-reactive ketones (excluding diaryl/α,β-unsaturated/α-hetero) is 1. The molecule has 4 aliphatic carbocycles. The highest BCUT2D eigenvalue weighted by Gasteiger charge is 2.68. The Kier molecular flexibility index (Phi) is 6.17. The van der Waals surface area contributed by atoms with Crippen molar-refractivity contribution in [3.8, 4) is 0 Å². The molecule has 3 fully saturated rings. The van der Waals surface area contributed by atoms with Crippen LogP contribution in [0.3, 0.4) is 0 Å². The molecule has 33 heavy (non-hydrogen) atoms. The van der Waals surface area contributed by atoms with E-state index in [0.717, 1.165) is 32.1 Å². The highest BCUT2D eigenvalue weighted by atomic mass is 16.6. The molecule has 0 aromatic carbocycles. The largest absolute Gasteiger partial charge is 0.457 e. The van der Waals surface area contributed by atoms with Gasteiger partial charge in [-0.1, -0.05) is 39.3 Å². The van der Waals surface area contributed by atoms with E-state index < -0.39 is 17.0 Å². The quantitative estimate of drug-likeness (QED) is 0.547. The SMILES string of the molecule is CCC(=O)OCC(=O)[C@]1(OC(=O)CC)CC[C@H]2[C@@H]3CCC4=CC(=O)C=C[C@]4(C)[C@H]3CC[C@@]21C. The molecule has 0 aromatic heterocycles. The highest BCUT2D eigenvalue weighted by molar-refractivity contribution is 6.01. The summed E-state index contributed by atoms with van der Waals surface area (Å²) >= 11 is 0. The molecule has 0 unspecified atom stereocenters. The van der Waals surface area contributed by atoms with Crippen LogP contribution in [0.2, 0.25) is 0 Å². The summed E-state index contributed by atoms with van der Waals surface area (Å²) in [6, 6.07) is 0. The van der Waals surface area contributed by atoms with E-state index in [0.29, 0.717) is 18.3 Å². The Morgan fingerprint density at radius 1 is 1.00 bits per heavy atom. The maximum Gasteiger partial charge on any atom is 0.306 e. The lowest BCUT2D eigenvalue weighted by Crippen LogP contribution is -2.59. The molecule has 0 amide bonds. The van der Waals surface area contributed by atoms with E-state index in [1.165, 1.54) is 5.57 Å². The van der Waals surface area contributed by atoms with Crippen molar-refractivity contribution in [2.24, 2.45) is 28.6 Å². The van der Waals surface area contributed by atoms with Crippen LogP contribution in [0.1, 0.15) is 79.1 Å². The van der Waals surface area contributed by atoms with Crippen molar-refractivity contribution in [3.63, 3.8) is 0 Å². The molecule has 180 valence electrons. The molecule has 4 aliphatic rings. The number of fused-ring (bicyclic) bond motifs is 5. The third-order valence-corrected chi connectivity index (χ3v) is 9.36. The molecule has 0 N–H and O–H groups in total. The van der Waals surface area contributed by atoms with Gasteiger partial charge in [-0.15, -0.1) is 0 Å². The summed E-state index contributed by atoms with van der Waals surface area (Å²) in [6.45, 7) is 7.42. The molecule has 0 radical (unpaired) electrons. The first-order valence-electron chi connectivity index (χ1n) is 12.5. The third kappa shape index (κ3) is 3.60. The zero-order valence-corrected chi connectivity index (χ0v) is 20.3. The number of carbonyl (C=O) groups excluding carboxylic acids is 4. The van der Waals surface area contributed by atoms with Crippen LogP contribution in [-0.4, -0.2) is 35.7 Å². The number of hydrogen-bond donors (Lipinski definition) is 0. The molecule has 0 aliphatic heterocycles. The molecule has 6 heteroatoms. The average Bonchev–Trinajstić information content (AvgIpc) is 3.10. The van der Waals surface area contributed by atoms with Crippen molar-refractivity contribution < 1.29 is 28.7 Å². The minimum Gasteiger partial charge on any atom is -0.457 e. The first-order valence-corrected chi connectivity index (χ1v) is 12.5. The van der Waals surface area contributed by atoms with Gasteiger partial charge in [-0.3, -0.25) is 19.2 Å². The zero-order chi connectivity index (χ0) is 24.0. The summed E-state index contributed by atoms with van der Waals surface area (Å²) in [5, 5.41) is 0. The Morgan fingerprint density at radius 2 is 1.70 bits per heavy atom. The number of ketones is 2. The first kappa shape index (κ1) is 23.9. The Bertz CT molecular complexity index is 931. The van der Waals surface area contributed by atoms with Gasteiger partial charge in [0, 0.05) is 23.7 Å². The molecule has 6 nitrogen and oxygen atoms in total. The standard InChI is InChI=1S/C27H36O6/c1-5-23(30)32-16-22(29)27(33-24(31)6-2)14-11-21-19-8-7-17-15-18(28)9-12-25(17,3)20(19)10-13-26(21,27)4/h9,12,15,19-21H,5-8,10-11,13-14,16H2,1-4H3/t19-,20+,21+,25+,26+,27-/m1/s1. The van der Waals surface area contributed by atoms with Crippen molar-refractivity contribution in [2.45, 2.75) is 84.7 Å². The van der Waals surface area contributed by atoms with Gasteiger partial charge < -0.3 is 9.47 Å². The average molecular weight is 457 g/mol. The second-order valence-electron chi connectivity index (χ2n) is 10.7. The lowest BCUT2D eigenvalue weighted by atomic mass is 9.47. The number of ether oxygens (including phenoxy) is 2. The third-order valence-electron chi connectivity index (χ3n) is 9.36. The van der Waals surface area contributed by atoms with Crippen molar-refractivity contribution in [1.82, 2.24) is 0 Å². The van der Waals surface area contributed by atoms with Gasteiger partial charge in [0.05, 0.1) is 0 Å². The van der Waals surface area contributed by atoms with Crippen LogP contribution in [0.4, 0.5) is 0 Å². The van der Waals surface area contributed by atoms with Crippen LogP contribution in [0.5, 0.6) is 0 Å². The van der Waals surface area contributed by atoms with E-state index in [9.17, 15) is 19.2 Å². The Labute approximate surface area is 196 Å².